The number of nitrogens with zero attached hydrogens (tertiary/aromatic N) is 3. The van der Waals surface area contributed by atoms with Crippen LogP contribution in [0.4, 0.5) is 5.69 Å². The zero-order valence-corrected chi connectivity index (χ0v) is 18.1. The van der Waals surface area contributed by atoms with E-state index in [-0.39, 0.29) is 17.8 Å². The highest BCUT2D eigenvalue weighted by atomic mass is 32.2. The summed E-state index contributed by atoms with van der Waals surface area (Å²) in [5.41, 5.74) is 2.02. The summed E-state index contributed by atoms with van der Waals surface area (Å²) in [6.45, 7) is 8.38. The average Bonchev–Trinajstić information content (AvgIpc) is 3.16. The first-order valence-corrected chi connectivity index (χ1v) is 10.9. The molecule has 1 heterocycles. The van der Waals surface area contributed by atoms with Crippen LogP contribution in [0.5, 0.6) is 5.75 Å². The largest absolute Gasteiger partial charge is 0.483 e. The molecule has 6 nitrogen and oxygen atoms in total. The molecule has 0 saturated carbocycles. The summed E-state index contributed by atoms with van der Waals surface area (Å²) >= 11 is 1.34. The molecule has 3 rings (SSSR count). The number of benzene rings is 2. The molecule has 30 heavy (non-hydrogen) atoms. The topological polar surface area (TPSA) is 69.0 Å². The first kappa shape index (κ1) is 21.6. The summed E-state index contributed by atoms with van der Waals surface area (Å²) < 4.78 is 7.90. The van der Waals surface area contributed by atoms with Gasteiger partial charge >= 0.3 is 0 Å². The van der Waals surface area contributed by atoms with Crippen molar-refractivity contribution < 1.29 is 9.53 Å². The van der Waals surface area contributed by atoms with Crippen molar-refractivity contribution in [1.29, 1.82) is 0 Å². The molecule has 3 aromatic rings. The van der Waals surface area contributed by atoms with Crippen molar-refractivity contribution in [2.45, 2.75) is 38.1 Å². The third-order valence-corrected chi connectivity index (χ3v) is 5.42. The molecule has 1 N–H and O–H groups in total. The smallest absolute Gasteiger partial charge is 0.234 e. The molecule has 0 spiro atoms. The van der Waals surface area contributed by atoms with E-state index in [2.05, 4.69) is 29.0 Å². The lowest BCUT2D eigenvalue weighted by Gasteiger charge is -2.15. The molecule has 1 amide bonds. The maximum absolute atomic E-state index is 12.4. The number of rotatable bonds is 10. The number of aryl methyl sites for hydroxylation is 1. The summed E-state index contributed by atoms with van der Waals surface area (Å²) in [6, 6.07) is 17.5. The van der Waals surface area contributed by atoms with E-state index in [0.717, 1.165) is 17.9 Å². The minimum atomic E-state index is -0.292. The van der Waals surface area contributed by atoms with E-state index in [0.29, 0.717) is 17.5 Å². The fourth-order valence-electron chi connectivity index (χ4n) is 2.92. The third-order valence-electron chi connectivity index (χ3n) is 4.46. The molecule has 0 fully saturated rings. The van der Waals surface area contributed by atoms with E-state index >= 15 is 0 Å². The number of carbonyl (C=O) groups is 1. The average molecular weight is 423 g/mol. The molecule has 0 aliphatic carbocycles. The lowest BCUT2D eigenvalue weighted by molar-refractivity contribution is -0.113. The summed E-state index contributed by atoms with van der Waals surface area (Å²) in [5.74, 6) is 1.60. The molecule has 0 radical (unpaired) electrons. The number of allylic oxidation sites excluding steroid dienone is 1. The standard InChI is InChI=1S/C23H26N4O2S/c1-4-15-27-22(17(3)29-20-9-7-6-8-10-20)25-26-23(27)30-16-21(28)24-19-13-11-18(5-2)12-14-19/h4,6-14,17H,1,5,15-16H2,2-3H3,(H,24,28)/t17-/m0/s1. The third kappa shape index (κ3) is 5.73. The lowest BCUT2D eigenvalue weighted by Crippen LogP contribution is -2.15. The lowest BCUT2D eigenvalue weighted by atomic mass is 10.1. The number of aromatic nitrogens is 3. The van der Waals surface area contributed by atoms with Crippen LogP contribution in [0.3, 0.4) is 0 Å². The minimum absolute atomic E-state index is 0.0902. The van der Waals surface area contributed by atoms with Gasteiger partial charge in [-0.25, -0.2) is 0 Å². The number of nitrogens with one attached hydrogen (secondary N) is 1. The molecule has 156 valence electrons. The van der Waals surface area contributed by atoms with Crippen LogP contribution in [0.1, 0.15) is 31.3 Å². The van der Waals surface area contributed by atoms with Crippen LogP contribution in [0.2, 0.25) is 0 Å². The molecule has 0 aliphatic heterocycles. The van der Waals surface area contributed by atoms with E-state index in [1.165, 1.54) is 17.3 Å². The summed E-state index contributed by atoms with van der Waals surface area (Å²) in [7, 11) is 0. The Labute approximate surface area is 181 Å². The normalized spacial score (nSPS) is 11.7. The number of carbonyl (C=O) groups excluding carboxylic acids is 1. The van der Waals surface area contributed by atoms with E-state index in [9.17, 15) is 4.79 Å². The van der Waals surface area contributed by atoms with Gasteiger partial charge < -0.3 is 10.1 Å². The van der Waals surface area contributed by atoms with Crippen molar-refractivity contribution >= 4 is 23.4 Å². The van der Waals surface area contributed by atoms with Crippen LogP contribution < -0.4 is 10.1 Å². The Morgan fingerprint density at radius 2 is 1.93 bits per heavy atom. The molecule has 0 unspecified atom stereocenters. The van der Waals surface area contributed by atoms with Crippen LogP contribution in [0.25, 0.3) is 0 Å². The minimum Gasteiger partial charge on any atom is -0.483 e. The van der Waals surface area contributed by atoms with Gasteiger partial charge in [0.25, 0.3) is 0 Å². The van der Waals surface area contributed by atoms with E-state index in [1.54, 1.807) is 6.08 Å². The van der Waals surface area contributed by atoms with Crippen LogP contribution in [0.15, 0.2) is 72.4 Å². The van der Waals surface area contributed by atoms with Gasteiger partial charge in [-0.1, -0.05) is 55.1 Å². The number of para-hydroxylation sites is 1. The SMILES string of the molecule is C=CCn1c(SCC(=O)Nc2ccc(CC)cc2)nnc1[C@H](C)Oc1ccccc1. The zero-order valence-electron chi connectivity index (χ0n) is 17.2. The Hall–Kier alpha value is -3.06. The Morgan fingerprint density at radius 1 is 1.20 bits per heavy atom. The molecular weight excluding hydrogens is 396 g/mol. The molecule has 0 bridgehead atoms. The number of hydrogen-bond donors (Lipinski definition) is 1. The molecule has 2 aromatic carbocycles. The van der Waals surface area contributed by atoms with Gasteiger partial charge in [0.2, 0.25) is 5.91 Å². The van der Waals surface area contributed by atoms with Gasteiger partial charge in [0.1, 0.15) is 5.75 Å². The van der Waals surface area contributed by atoms with Gasteiger partial charge in [0.05, 0.1) is 5.75 Å². The quantitative estimate of drug-likeness (QED) is 0.372. The van der Waals surface area contributed by atoms with Gasteiger partial charge in [0, 0.05) is 12.2 Å². The van der Waals surface area contributed by atoms with Crippen molar-refractivity contribution in [3.05, 3.63) is 78.6 Å². The number of amides is 1. The number of anilines is 1. The van der Waals surface area contributed by atoms with Crippen molar-refractivity contribution in [3.8, 4) is 5.75 Å². The number of hydrogen-bond acceptors (Lipinski definition) is 5. The highest BCUT2D eigenvalue weighted by Crippen LogP contribution is 2.24. The fourth-order valence-corrected chi connectivity index (χ4v) is 3.67. The van der Waals surface area contributed by atoms with E-state index in [4.69, 9.17) is 4.74 Å². The van der Waals surface area contributed by atoms with Crippen LogP contribution in [0, 0.1) is 0 Å². The van der Waals surface area contributed by atoms with Gasteiger partial charge in [0.15, 0.2) is 17.1 Å². The molecule has 7 heteroatoms. The molecule has 0 saturated heterocycles. The van der Waals surface area contributed by atoms with Crippen molar-refractivity contribution in [3.63, 3.8) is 0 Å². The Morgan fingerprint density at radius 3 is 2.60 bits per heavy atom. The molecule has 1 aromatic heterocycles. The van der Waals surface area contributed by atoms with Crippen molar-refractivity contribution in [1.82, 2.24) is 14.8 Å². The maximum atomic E-state index is 12.4. The summed E-state index contributed by atoms with van der Waals surface area (Å²) in [6.07, 6.45) is 2.46. The van der Waals surface area contributed by atoms with Crippen molar-refractivity contribution in [2.24, 2.45) is 0 Å². The van der Waals surface area contributed by atoms with E-state index < -0.39 is 0 Å². The van der Waals surface area contributed by atoms with Crippen LogP contribution >= 0.6 is 11.8 Å². The van der Waals surface area contributed by atoms with Crippen LogP contribution in [-0.4, -0.2) is 26.4 Å². The second kappa shape index (κ2) is 10.6. The Kier molecular flexibility index (Phi) is 7.68. The molecular formula is C23H26N4O2S. The van der Waals surface area contributed by atoms with Gasteiger partial charge in [-0.05, 0) is 43.2 Å². The molecule has 0 aliphatic rings. The monoisotopic (exact) mass is 422 g/mol. The first-order chi connectivity index (χ1) is 14.6. The Bertz CT molecular complexity index is 971. The Balaban J connectivity index is 1.63. The zero-order chi connectivity index (χ0) is 21.3. The first-order valence-electron chi connectivity index (χ1n) is 9.88. The highest BCUT2D eigenvalue weighted by Gasteiger charge is 2.19. The molecule has 1 atom stereocenters. The highest BCUT2D eigenvalue weighted by molar-refractivity contribution is 7.99. The van der Waals surface area contributed by atoms with Crippen molar-refractivity contribution in [2.75, 3.05) is 11.1 Å². The number of ether oxygens (including phenoxy) is 1. The van der Waals surface area contributed by atoms with E-state index in [1.807, 2.05) is 66.1 Å². The fraction of sp³-hybridized carbons (Fsp3) is 0.261. The number of thioether (sulfide) groups is 1. The van der Waals surface area contributed by atoms with Gasteiger partial charge in [-0.2, -0.15) is 0 Å². The second-order valence-corrected chi connectivity index (χ2v) is 7.64. The van der Waals surface area contributed by atoms with Crippen LogP contribution in [-0.2, 0) is 17.8 Å². The summed E-state index contributed by atoms with van der Waals surface area (Å²) in [5, 5.41) is 12.1. The van der Waals surface area contributed by atoms with Gasteiger partial charge in [-0.15, -0.1) is 16.8 Å². The predicted octanol–water partition coefficient (Wildman–Crippen LogP) is 4.90. The van der Waals surface area contributed by atoms with Gasteiger partial charge in [-0.3, -0.25) is 9.36 Å². The maximum Gasteiger partial charge on any atom is 0.234 e. The predicted molar refractivity (Wildman–Crippen MR) is 121 cm³/mol. The second-order valence-electron chi connectivity index (χ2n) is 6.70. The summed E-state index contributed by atoms with van der Waals surface area (Å²) in [4.78, 5) is 12.4.